The van der Waals surface area contributed by atoms with Crippen molar-refractivity contribution in [3.05, 3.63) is 42.0 Å². The van der Waals surface area contributed by atoms with Crippen LogP contribution in [0.4, 0.5) is 0 Å². The first-order chi connectivity index (χ1) is 9.70. The number of hydrogen-bond acceptors (Lipinski definition) is 4. The average Bonchev–Trinajstić information content (AvgIpc) is 2.88. The van der Waals surface area contributed by atoms with Crippen LogP contribution in [0.15, 0.2) is 30.6 Å². The molecule has 0 bridgehead atoms. The highest BCUT2D eigenvalue weighted by Crippen LogP contribution is 2.19. The van der Waals surface area contributed by atoms with Crippen LogP contribution < -0.4 is 10.1 Å². The summed E-state index contributed by atoms with van der Waals surface area (Å²) in [5.41, 5.74) is 1.23. The highest BCUT2D eigenvalue weighted by Gasteiger charge is 2.06. The molecule has 1 aromatic heterocycles. The molecule has 1 N–H and O–H groups in total. The first-order valence-corrected chi connectivity index (χ1v) is 6.99. The maximum Gasteiger partial charge on any atom is 0.164 e. The van der Waals surface area contributed by atoms with Crippen LogP contribution in [0.1, 0.15) is 37.7 Å². The lowest BCUT2D eigenvalue weighted by Gasteiger charge is -2.15. The number of ether oxygens (including phenoxy) is 1. The summed E-state index contributed by atoms with van der Waals surface area (Å²) in [5, 5.41) is 7.50. The lowest BCUT2D eigenvalue weighted by Crippen LogP contribution is -2.19. The van der Waals surface area contributed by atoms with Gasteiger partial charge in [-0.3, -0.25) is 4.68 Å². The minimum atomic E-state index is 0.327. The van der Waals surface area contributed by atoms with Crippen molar-refractivity contribution in [2.75, 3.05) is 6.54 Å². The quantitative estimate of drug-likeness (QED) is 0.842. The van der Waals surface area contributed by atoms with Crippen LogP contribution in [-0.4, -0.2) is 21.3 Å². The Morgan fingerprint density at radius 3 is 2.95 bits per heavy atom. The van der Waals surface area contributed by atoms with Crippen LogP contribution >= 0.6 is 0 Å². The fourth-order valence-electron chi connectivity index (χ4n) is 1.95. The zero-order valence-electron chi connectivity index (χ0n) is 12.3. The molecule has 0 aliphatic heterocycles. The average molecular weight is 274 g/mol. The van der Waals surface area contributed by atoms with Gasteiger partial charge in [-0.2, -0.15) is 5.10 Å². The maximum atomic E-state index is 5.78. The van der Waals surface area contributed by atoms with E-state index in [1.807, 2.05) is 19.2 Å². The van der Waals surface area contributed by atoms with Gasteiger partial charge in [-0.1, -0.05) is 19.1 Å². The third-order valence-electron chi connectivity index (χ3n) is 3.23. The Kier molecular flexibility index (Phi) is 5.12. The van der Waals surface area contributed by atoms with E-state index >= 15 is 0 Å². The second-order valence-corrected chi connectivity index (χ2v) is 4.84. The van der Waals surface area contributed by atoms with E-state index in [4.69, 9.17) is 4.74 Å². The van der Waals surface area contributed by atoms with Gasteiger partial charge in [0.25, 0.3) is 0 Å². The van der Waals surface area contributed by atoms with Gasteiger partial charge >= 0.3 is 0 Å². The Morgan fingerprint density at radius 1 is 1.40 bits per heavy atom. The van der Waals surface area contributed by atoms with Crippen molar-refractivity contribution in [2.24, 2.45) is 7.05 Å². The van der Waals surface area contributed by atoms with Gasteiger partial charge in [0.15, 0.2) is 5.82 Å². The summed E-state index contributed by atoms with van der Waals surface area (Å²) in [5.74, 6) is 1.67. The van der Waals surface area contributed by atoms with Gasteiger partial charge in [0.2, 0.25) is 0 Å². The molecule has 20 heavy (non-hydrogen) atoms. The lowest BCUT2D eigenvalue weighted by molar-refractivity contribution is 0.289. The molecule has 0 saturated heterocycles. The van der Waals surface area contributed by atoms with E-state index in [1.165, 1.54) is 11.9 Å². The molecule has 0 saturated carbocycles. The van der Waals surface area contributed by atoms with Crippen molar-refractivity contribution in [1.29, 1.82) is 0 Å². The summed E-state index contributed by atoms with van der Waals surface area (Å²) in [6.07, 6.45) is 2.67. The summed E-state index contributed by atoms with van der Waals surface area (Å²) in [4.78, 5) is 4.14. The SMILES string of the molecule is CCCNC(C)c1cccc(OCc2ncnn2C)c1. The predicted octanol–water partition coefficient (Wildman–Crippen LogP) is 2.45. The standard InChI is InChI=1S/C15H22N4O/c1-4-8-16-12(2)13-6-5-7-14(9-13)20-10-15-17-11-18-19(15)3/h5-7,9,11-12,16H,4,8,10H2,1-3H3. The van der Waals surface area contributed by atoms with Crippen molar-refractivity contribution in [3.63, 3.8) is 0 Å². The van der Waals surface area contributed by atoms with Crippen molar-refractivity contribution >= 4 is 0 Å². The molecule has 1 atom stereocenters. The monoisotopic (exact) mass is 274 g/mol. The zero-order valence-corrected chi connectivity index (χ0v) is 12.3. The molecule has 0 aliphatic rings. The van der Waals surface area contributed by atoms with Gasteiger partial charge < -0.3 is 10.1 Å². The Bertz CT molecular complexity index is 538. The normalized spacial score (nSPS) is 12.3. The Hall–Kier alpha value is -1.88. The minimum absolute atomic E-state index is 0.327. The smallest absolute Gasteiger partial charge is 0.164 e. The van der Waals surface area contributed by atoms with Crippen LogP contribution in [0.3, 0.4) is 0 Å². The van der Waals surface area contributed by atoms with Crippen LogP contribution in [0.5, 0.6) is 5.75 Å². The highest BCUT2D eigenvalue weighted by atomic mass is 16.5. The molecule has 0 amide bonds. The summed E-state index contributed by atoms with van der Waals surface area (Å²) < 4.78 is 7.49. The third-order valence-corrected chi connectivity index (χ3v) is 3.23. The fourth-order valence-corrected chi connectivity index (χ4v) is 1.95. The molecule has 0 fully saturated rings. The number of benzene rings is 1. The Morgan fingerprint density at radius 2 is 2.25 bits per heavy atom. The van der Waals surface area contributed by atoms with Gasteiger partial charge in [-0.15, -0.1) is 0 Å². The molecule has 1 unspecified atom stereocenters. The van der Waals surface area contributed by atoms with Gasteiger partial charge in [-0.25, -0.2) is 4.98 Å². The van der Waals surface area contributed by atoms with E-state index in [9.17, 15) is 0 Å². The molecule has 2 rings (SSSR count). The first-order valence-electron chi connectivity index (χ1n) is 6.99. The predicted molar refractivity (Wildman–Crippen MR) is 78.5 cm³/mol. The summed E-state index contributed by atoms with van der Waals surface area (Å²) in [7, 11) is 1.86. The summed E-state index contributed by atoms with van der Waals surface area (Å²) in [6.45, 7) is 5.78. The molecule has 5 heteroatoms. The summed E-state index contributed by atoms with van der Waals surface area (Å²) in [6, 6.07) is 8.50. The van der Waals surface area contributed by atoms with E-state index < -0.39 is 0 Å². The molecule has 0 spiro atoms. The molecular formula is C15H22N4O. The molecule has 108 valence electrons. The maximum absolute atomic E-state index is 5.78. The molecule has 0 radical (unpaired) electrons. The van der Waals surface area contributed by atoms with E-state index in [0.29, 0.717) is 12.6 Å². The minimum Gasteiger partial charge on any atom is -0.486 e. The lowest BCUT2D eigenvalue weighted by atomic mass is 10.1. The number of nitrogens with one attached hydrogen (secondary N) is 1. The molecule has 1 aromatic carbocycles. The van der Waals surface area contributed by atoms with Gasteiger partial charge in [0.1, 0.15) is 18.7 Å². The van der Waals surface area contributed by atoms with Crippen LogP contribution in [-0.2, 0) is 13.7 Å². The molecular weight excluding hydrogens is 252 g/mol. The van der Waals surface area contributed by atoms with Gasteiger partial charge in [0, 0.05) is 13.1 Å². The van der Waals surface area contributed by atoms with Crippen molar-refractivity contribution in [1.82, 2.24) is 20.1 Å². The van der Waals surface area contributed by atoms with Crippen LogP contribution in [0, 0.1) is 0 Å². The molecule has 5 nitrogen and oxygen atoms in total. The number of aromatic nitrogens is 3. The molecule has 1 heterocycles. The van der Waals surface area contributed by atoms with Crippen molar-refractivity contribution < 1.29 is 4.74 Å². The number of rotatable bonds is 7. The number of aryl methyl sites for hydroxylation is 1. The van der Waals surface area contributed by atoms with Crippen LogP contribution in [0.2, 0.25) is 0 Å². The second-order valence-electron chi connectivity index (χ2n) is 4.84. The van der Waals surface area contributed by atoms with Crippen molar-refractivity contribution in [3.8, 4) is 5.75 Å². The largest absolute Gasteiger partial charge is 0.486 e. The molecule has 2 aromatic rings. The number of hydrogen-bond donors (Lipinski definition) is 1. The third kappa shape index (κ3) is 3.81. The fraction of sp³-hybridized carbons (Fsp3) is 0.467. The van der Waals surface area contributed by atoms with E-state index in [-0.39, 0.29) is 0 Å². The topological polar surface area (TPSA) is 52.0 Å². The van der Waals surface area contributed by atoms with Crippen molar-refractivity contribution in [2.45, 2.75) is 32.9 Å². The van der Waals surface area contributed by atoms with Crippen LogP contribution in [0.25, 0.3) is 0 Å². The molecule has 0 aliphatic carbocycles. The zero-order chi connectivity index (χ0) is 14.4. The number of nitrogens with zero attached hydrogens (tertiary/aromatic N) is 3. The van der Waals surface area contributed by atoms with E-state index in [0.717, 1.165) is 24.5 Å². The highest BCUT2D eigenvalue weighted by molar-refractivity contribution is 5.30. The Balaban J connectivity index is 1.97. The summed E-state index contributed by atoms with van der Waals surface area (Å²) >= 11 is 0. The van der Waals surface area contributed by atoms with E-state index in [2.05, 4.69) is 41.4 Å². The second kappa shape index (κ2) is 7.05. The first kappa shape index (κ1) is 14.5. The van der Waals surface area contributed by atoms with E-state index in [1.54, 1.807) is 4.68 Å². The van der Waals surface area contributed by atoms with Gasteiger partial charge in [-0.05, 0) is 37.6 Å². The van der Waals surface area contributed by atoms with Gasteiger partial charge in [0.05, 0.1) is 0 Å². The Labute approximate surface area is 120 Å².